The summed E-state index contributed by atoms with van der Waals surface area (Å²) in [6.07, 6.45) is 2.33. The second kappa shape index (κ2) is 7.46. The average molecular weight is 479 g/mol. The molecule has 0 atom stereocenters. The van der Waals surface area contributed by atoms with E-state index in [4.69, 9.17) is 0 Å². The second-order valence-electron chi connectivity index (χ2n) is 7.10. The van der Waals surface area contributed by atoms with Gasteiger partial charge >= 0.3 is 5.97 Å². The summed E-state index contributed by atoms with van der Waals surface area (Å²) in [5, 5.41) is 0. The van der Waals surface area contributed by atoms with E-state index in [0.29, 0.717) is 34.4 Å². The summed E-state index contributed by atoms with van der Waals surface area (Å²) in [4.78, 5) is 25.9. The lowest BCUT2D eigenvalue weighted by atomic mass is 10.2. The molecule has 1 amide bonds. The first-order valence-electron chi connectivity index (χ1n) is 9.15. The van der Waals surface area contributed by atoms with E-state index in [2.05, 4.69) is 25.4 Å². The molecule has 1 aliphatic carbocycles. The fourth-order valence-electron chi connectivity index (χ4n) is 3.45. The SMILES string of the molecule is COC(=O)c1ccc(NS(=O)(=O)c2cc(Br)cc3c2N(C(=O)C2CC2)CC3)cc1. The maximum absolute atomic E-state index is 13.2. The summed E-state index contributed by atoms with van der Waals surface area (Å²) < 4.78 is 34.2. The van der Waals surface area contributed by atoms with Crippen molar-refractivity contribution in [2.24, 2.45) is 5.92 Å². The molecule has 152 valence electrons. The minimum atomic E-state index is -3.96. The average Bonchev–Trinajstić information content (AvgIpc) is 3.46. The zero-order chi connectivity index (χ0) is 20.8. The minimum Gasteiger partial charge on any atom is -0.465 e. The molecule has 1 N–H and O–H groups in total. The van der Waals surface area contributed by atoms with Gasteiger partial charge in [0.2, 0.25) is 5.91 Å². The van der Waals surface area contributed by atoms with Crippen molar-refractivity contribution in [3.8, 4) is 0 Å². The number of benzene rings is 2. The van der Waals surface area contributed by atoms with Crippen molar-refractivity contribution in [2.45, 2.75) is 24.2 Å². The number of carbonyl (C=O) groups is 2. The predicted octanol–water partition coefficient (Wildman–Crippen LogP) is 3.34. The smallest absolute Gasteiger partial charge is 0.337 e. The van der Waals surface area contributed by atoms with Gasteiger partial charge in [0.25, 0.3) is 10.0 Å². The van der Waals surface area contributed by atoms with Crippen molar-refractivity contribution in [2.75, 3.05) is 23.3 Å². The van der Waals surface area contributed by atoms with Gasteiger partial charge in [-0.05, 0) is 61.2 Å². The number of nitrogens with zero attached hydrogens (tertiary/aromatic N) is 1. The number of ether oxygens (including phenoxy) is 1. The van der Waals surface area contributed by atoms with Crippen LogP contribution in [0.3, 0.4) is 0 Å². The molecule has 1 aliphatic heterocycles. The van der Waals surface area contributed by atoms with E-state index in [0.717, 1.165) is 18.4 Å². The van der Waals surface area contributed by atoms with Gasteiger partial charge in [0.05, 0.1) is 18.4 Å². The number of halogens is 1. The van der Waals surface area contributed by atoms with Crippen molar-refractivity contribution >= 4 is 49.2 Å². The quantitative estimate of drug-likeness (QED) is 0.665. The lowest BCUT2D eigenvalue weighted by Crippen LogP contribution is -2.31. The minimum absolute atomic E-state index is 0.000948. The Kier molecular flexibility index (Phi) is 5.12. The van der Waals surface area contributed by atoms with Crippen molar-refractivity contribution in [3.05, 3.63) is 52.0 Å². The molecule has 1 saturated carbocycles. The molecule has 0 spiro atoms. The summed E-state index contributed by atoms with van der Waals surface area (Å²) in [6.45, 7) is 0.484. The number of anilines is 2. The molecule has 0 bridgehead atoms. The Morgan fingerprint density at radius 2 is 1.86 bits per heavy atom. The van der Waals surface area contributed by atoms with Gasteiger partial charge in [-0.25, -0.2) is 13.2 Å². The number of carbonyl (C=O) groups excluding carboxylic acids is 2. The van der Waals surface area contributed by atoms with E-state index in [1.807, 2.05) is 6.07 Å². The highest BCUT2D eigenvalue weighted by Crippen LogP contribution is 2.41. The molecular weight excluding hydrogens is 460 g/mol. The van der Waals surface area contributed by atoms with Crippen LogP contribution in [0.4, 0.5) is 11.4 Å². The van der Waals surface area contributed by atoms with Crippen LogP contribution < -0.4 is 9.62 Å². The summed E-state index contributed by atoms with van der Waals surface area (Å²) in [7, 11) is -2.68. The number of amides is 1. The molecule has 0 unspecified atom stereocenters. The first kappa shape index (κ1) is 19.9. The highest BCUT2D eigenvalue weighted by Gasteiger charge is 2.39. The van der Waals surface area contributed by atoms with E-state index in [1.54, 1.807) is 4.90 Å². The summed E-state index contributed by atoms with van der Waals surface area (Å²) in [6, 6.07) is 9.34. The van der Waals surface area contributed by atoms with Gasteiger partial charge in [0.1, 0.15) is 4.90 Å². The summed E-state index contributed by atoms with van der Waals surface area (Å²) >= 11 is 3.38. The van der Waals surface area contributed by atoms with Crippen LogP contribution in [-0.2, 0) is 26.0 Å². The molecule has 7 nitrogen and oxygen atoms in total. The Labute approximate surface area is 177 Å². The van der Waals surface area contributed by atoms with E-state index in [-0.39, 0.29) is 16.7 Å². The van der Waals surface area contributed by atoms with Crippen LogP contribution in [-0.4, -0.2) is 33.9 Å². The zero-order valence-electron chi connectivity index (χ0n) is 15.6. The van der Waals surface area contributed by atoms with Gasteiger partial charge in [-0.15, -0.1) is 0 Å². The van der Waals surface area contributed by atoms with Gasteiger partial charge < -0.3 is 9.64 Å². The number of fused-ring (bicyclic) bond motifs is 1. The Hall–Kier alpha value is -2.39. The van der Waals surface area contributed by atoms with E-state index in [9.17, 15) is 18.0 Å². The van der Waals surface area contributed by atoms with Gasteiger partial charge in [0.15, 0.2) is 0 Å². The van der Waals surface area contributed by atoms with Crippen LogP contribution in [0, 0.1) is 5.92 Å². The number of methoxy groups -OCH3 is 1. The molecule has 1 fully saturated rings. The zero-order valence-corrected chi connectivity index (χ0v) is 18.0. The molecule has 4 rings (SSSR count). The Morgan fingerprint density at radius 1 is 1.17 bits per heavy atom. The highest BCUT2D eigenvalue weighted by atomic mass is 79.9. The predicted molar refractivity (Wildman–Crippen MR) is 112 cm³/mol. The van der Waals surface area contributed by atoms with Gasteiger partial charge in [0, 0.05) is 22.6 Å². The molecule has 2 aromatic rings. The molecular formula is C20H19BrN2O5S. The lowest BCUT2D eigenvalue weighted by Gasteiger charge is -2.21. The molecule has 0 radical (unpaired) electrons. The van der Waals surface area contributed by atoms with Crippen LogP contribution in [0.1, 0.15) is 28.8 Å². The van der Waals surface area contributed by atoms with E-state index < -0.39 is 16.0 Å². The number of hydrogen-bond donors (Lipinski definition) is 1. The number of esters is 1. The fourth-order valence-corrected chi connectivity index (χ4v) is 5.44. The van der Waals surface area contributed by atoms with E-state index >= 15 is 0 Å². The van der Waals surface area contributed by atoms with Crippen LogP contribution >= 0.6 is 15.9 Å². The van der Waals surface area contributed by atoms with Crippen LogP contribution in [0.25, 0.3) is 0 Å². The molecule has 29 heavy (non-hydrogen) atoms. The molecule has 2 aromatic carbocycles. The first-order chi connectivity index (χ1) is 13.8. The standard InChI is InChI=1S/C20H19BrN2O5S/c1-28-20(25)13-4-6-16(7-5-13)22-29(26,27)17-11-15(21)10-14-8-9-23(18(14)17)19(24)12-2-3-12/h4-7,10-12,22H,2-3,8-9H2,1H3. The molecule has 9 heteroatoms. The Morgan fingerprint density at radius 3 is 2.48 bits per heavy atom. The largest absolute Gasteiger partial charge is 0.465 e. The number of rotatable bonds is 5. The fraction of sp³-hybridized carbons (Fsp3) is 0.300. The number of sulfonamides is 1. The summed E-state index contributed by atoms with van der Waals surface area (Å²) in [5.41, 5.74) is 1.92. The second-order valence-corrected chi connectivity index (χ2v) is 9.67. The molecule has 2 aliphatic rings. The Balaban J connectivity index is 1.68. The van der Waals surface area contributed by atoms with Crippen molar-refractivity contribution in [1.82, 2.24) is 0 Å². The first-order valence-corrected chi connectivity index (χ1v) is 11.4. The normalized spacial score (nSPS) is 15.7. The van der Waals surface area contributed by atoms with Crippen LogP contribution in [0.2, 0.25) is 0 Å². The topological polar surface area (TPSA) is 92.8 Å². The van der Waals surface area contributed by atoms with Crippen LogP contribution in [0.15, 0.2) is 45.8 Å². The van der Waals surface area contributed by atoms with Crippen LogP contribution in [0.5, 0.6) is 0 Å². The van der Waals surface area contributed by atoms with E-state index in [1.165, 1.54) is 37.4 Å². The third-order valence-electron chi connectivity index (χ3n) is 5.03. The molecule has 0 saturated heterocycles. The Bertz CT molecular complexity index is 1090. The lowest BCUT2D eigenvalue weighted by molar-refractivity contribution is -0.119. The monoisotopic (exact) mass is 478 g/mol. The molecule has 1 heterocycles. The van der Waals surface area contributed by atoms with Crippen molar-refractivity contribution < 1.29 is 22.7 Å². The third-order valence-corrected chi connectivity index (χ3v) is 6.89. The van der Waals surface area contributed by atoms with Gasteiger partial charge in [-0.2, -0.15) is 0 Å². The van der Waals surface area contributed by atoms with Crippen molar-refractivity contribution in [1.29, 1.82) is 0 Å². The summed E-state index contributed by atoms with van der Waals surface area (Å²) in [5.74, 6) is -0.512. The van der Waals surface area contributed by atoms with Gasteiger partial charge in [-0.3, -0.25) is 9.52 Å². The van der Waals surface area contributed by atoms with Crippen molar-refractivity contribution in [3.63, 3.8) is 0 Å². The maximum atomic E-state index is 13.2. The number of hydrogen-bond acceptors (Lipinski definition) is 5. The maximum Gasteiger partial charge on any atom is 0.337 e. The van der Waals surface area contributed by atoms with Gasteiger partial charge in [-0.1, -0.05) is 15.9 Å². The molecule has 0 aromatic heterocycles. The third kappa shape index (κ3) is 3.89. The number of nitrogens with one attached hydrogen (secondary N) is 1. The highest BCUT2D eigenvalue weighted by molar-refractivity contribution is 9.10.